The van der Waals surface area contributed by atoms with Crippen LogP contribution in [0.2, 0.25) is 0 Å². The minimum atomic E-state index is -3.88. The van der Waals surface area contributed by atoms with Gasteiger partial charge in [0, 0.05) is 6.54 Å². The van der Waals surface area contributed by atoms with Crippen LogP contribution < -0.4 is 4.72 Å². The second-order valence-corrected chi connectivity index (χ2v) is 6.80. The lowest BCUT2D eigenvalue weighted by Gasteiger charge is -2.15. The number of aromatic carboxylic acids is 1. The summed E-state index contributed by atoms with van der Waals surface area (Å²) in [6.45, 7) is 5.90. The summed E-state index contributed by atoms with van der Waals surface area (Å²) in [5, 5.41) is 15.0. The SMILES string of the molecule is CCCCC(CC)CNS(=O)(=O)c1c(C(=O)O)n[nH]c1C. The number of nitrogens with zero attached hydrogens (tertiary/aromatic N) is 1. The summed E-state index contributed by atoms with van der Waals surface area (Å²) >= 11 is 0. The van der Waals surface area contributed by atoms with Crippen LogP contribution in [0.5, 0.6) is 0 Å². The third-order valence-electron chi connectivity index (χ3n) is 3.47. The molecule has 1 atom stereocenters. The van der Waals surface area contributed by atoms with E-state index in [-0.39, 0.29) is 16.5 Å². The molecular weight excluding hydrogens is 294 g/mol. The van der Waals surface area contributed by atoms with Crippen LogP contribution in [-0.4, -0.2) is 36.2 Å². The molecule has 1 unspecified atom stereocenters. The van der Waals surface area contributed by atoms with E-state index < -0.39 is 21.7 Å². The van der Waals surface area contributed by atoms with E-state index in [9.17, 15) is 13.2 Å². The van der Waals surface area contributed by atoms with Gasteiger partial charge in [-0.15, -0.1) is 0 Å². The lowest BCUT2D eigenvalue weighted by molar-refractivity contribution is 0.0686. The van der Waals surface area contributed by atoms with Crippen LogP contribution in [0.1, 0.15) is 55.7 Å². The first-order valence-electron chi connectivity index (χ1n) is 7.11. The molecule has 0 aliphatic carbocycles. The Labute approximate surface area is 125 Å². The largest absolute Gasteiger partial charge is 0.476 e. The highest BCUT2D eigenvalue weighted by Gasteiger charge is 2.28. The number of H-pyrrole nitrogens is 1. The molecule has 0 spiro atoms. The van der Waals surface area contributed by atoms with Crippen LogP contribution >= 0.6 is 0 Å². The lowest BCUT2D eigenvalue weighted by Crippen LogP contribution is -2.30. The number of aromatic amines is 1. The molecule has 0 aliphatic rings. The van der Waals surface area contributed by atoms with Gasteiger partial charge in [0.15, 0.2) is 5.69 Å². The third kappa shape index (κ3) is 4.53. The molecule has 7 nitrogen and oxygen atoms in total. The maximum atomic E-state index is 12.3. The van der Waals surface area contributed by atoms with E-state index in [1.807, 2.05) is 6.92 Å². The Balaban J connectivity index is 2.87. The molecule has 21 heavy (non-hydrogen) atoms. The van der Waals surface area contributed by atoms with Crippen molar-refractivity contribution < 1.29 is 18.3 Å². The summed E-state index contributed by atoms with van der Waals surface area (Å²) in [6.07, 6.45) is 3.93. The smallest absolute Gasteiger partial charge is 0.357 e. The van der Waals surface area contributed by atoms with Gasteiger partial charge in [0.1, 0.15) is 4.90 Å². The van der Waals surface area contributed by atoms with E-state index in [2.05, 4.69) is 21.8 Å². The van der Waals surface area contributed by atoms with Crippen molar-refractivity contribution in [1.82, 2.24) is 14.9 Å². The Hall–Kier alpha value is -1.41. The summed E-state index contributed by atoms with van der Waals surface area (Å²) in [4.78, 5) is 10.8. The number of hydrogen-bond acceptors (Lipinski definition) is 4. The van der Waals surface area contributed by atoms with Gasteiger partial charge in [-0.25, -0.2) is 17.9 Å². The van der Waals surface area contributed by atoms with Crippen molar-refractivity contribution in [2.24, 2.45) is 5.92 Å². The molecule has 1 rings (SSSR count). The van der Waals surface area contributed by atoms with Gasteiger partial charge < -0.3 is 5.11 Å². The zero-order valence-corrected chi connectivity index (χ0v) is 13.5. The Bertz CT molecular complexity index is 580. The van der Waals surface area contributed by atoms with Gasteiger partial charge in [0.2, 0.25) is 10.0 Å². The fraction of sp³-hybridized carbons (Fsp3) is 0.692. The molecule has 1 aromatic rings. The van der Waals surface area contributed by atoms with E-state index in [1.54, 1.807) is 0 Å². The van der Waals surface area contributed by atoms with E-state index in [0.717, 1.165) is 25.7 Å². The molecule has 0 fully saturated rings. The lowest BCUT2D eigenvalue weighted by atomic mass is 10.00. The van der Waals surface area contributed by atoms with Crippen LogP contribution in [0.3, 0.4) is 0 Å². The van der Waals surface area contributed by atoms with Gasteiger partial charge in [0.25, 0.3) is 0 Å². The summed E-state index contributed by atoms with van der Waals surface area (Å²) in [6, 6.07) is 0. The molecule has 0 radical (unpaired) electrons. The number of carboxylic acids is 1. The number of aromatic nitrogens is 2. The molecule has 0 amide bonds. The average Bonchev–Trinajstić information content (AvgIpc) is 2.82. The van der Waals surface area contributed by atoms with Crippen LogP contribution in [0, 0.1) is 12.8 Å². The van der Waals surface area contributed by atoms with Crippen LogP contribution in [0.15, 0.2) is 4.90 Å². The number of carbonyl (C=O) groups is 1. The predicted octanol–water partition coefficient (Wildman–Crippen LogP) is 1.91. The molecule has 0 saturated heterocycles. The summed E-state index contributed by atoms with van der Waals surface area (Å²) in [5.74, 6) is -1.11. The van der Waals surface area contributed by atoms with Gasteiger partial charge in [-0.2, -0.15) is 5.10 Å². The predicted molar refractivity (Wildman–Crippen MR) is 78.8 cm³/mol. The van der Waals surface area contributed by atoms with Gasteiger partial charge in [0.05, 0.1) is 5.69 Å². The third-order valence-corrected chi connectivity index (χ3v) is 5.05. The minimum absolute atomic E-state index is 0.224. The topological polar surface area (TPSA) is 112 Å². The first-order chi connectivity index (χ1) is 9.83. The van der Waals surface area contributed by atoms with E-state index >= 15 is 0 Å². The fourth-order valence-corrected chi connectivity index (χ4v) is 3.57. The quantitative estimate of drug-likeness (QED) is 0.644. The maximum absolute atomic E-state index is 12.3. The van der Waals surface area contributed by atoms with Gasteiger partial charge >= 0.3 is 5.97 Å². The van der Waals surface area contributed by atoms with E-state index in [4.69, 9.17) is 5.11 Å². The van der Waals surface area contributed by atoms with Gasteiger partial charge in [-0.3, -0.25) is 5.10 Å². The summed E-state index contributed by atoms with van der Waals surface area (Å²) in [7, 11) is -3.88. The standard InChI is InChI=1S/C13H23N3O4S/c1-4-6-7-10(5-2)8-14-21(19,20)12-9(3)15-16-11(12)13(17)18/h10,14H,4-8H2,1-3H3,(H,15,16)(H,17,18). The van der Waals surface area contributed by atoms with Crippen molar-refractivity contribution in [3.05, 3.63) is 11.4 Å². The number of unbranched alkanes of at least 4 members (excludes halogenated alkanes) is 1. The molecule has 0 aliphatic heterocycles. The van der Waals surface area contributed by atoms with Crippen molar-refractivity contribution in [2.75, 3.05) is 6.54 Å². The van der Waals surface area contributed by atoms with Crippen molar-refractivity contribution >= 4 is 16.0 Å². The normalized spacial score (nSPS) is 13.3. The van der Waals surface area contributed by atoms with Crippen LogP contribution in [0.25, 0.3) is 0 Å². The van der Waals surface area contributed by atoms with Crippen molar-refractivity contribution in [3.63, 3.8) is 0 Å². The molecule has 1 heterocycles. The van der Waals surface area contributed by atoms with E-state index in [1.165, 1.54) is 6.92 Å². The molecule has 0 bridgehead atoms. The highest BCUT2D eigenvalue weighted by molar-refractivity contribution is 7.89. The first kappa shape index (κ1) is 17.6. The number of rotatable bonds is 9. The molecule has 8 heteroatoms. The number of carboxylic acid groups (broad SMARTS) is 1. The zero-order chi connectivity index (χ0) is 16.0. The fourth-order valence-electron chi connectivity index (χ4n) is 2.14. The van der Waals surface area contributed by atoms with Gasteiger partial charge in [-0.1, -0.05) is 33.1 Å². The zero-order valence-electron chi connectivity index (χ0n) is 12.6. The Kier molecular flexibility index (Phi) is 6.35. The minimum Gasteiger partial charge on any atom is -0.476 e. The highest BCUT2D eigenvalue weighted by Crippen LogP contribution is 2.19. The molecule has 120 valence electrons. The molecule has 1 aromatic heterocycles. The van der Waals surface area contributed by atoms with Gasteiger partial charge in [-0.05, 0) is 19.3 Å². The Morgan fingerprint density at radius 1 is 1.43 bits per heavy atom. The summed E-state index contributed by atoms with van der Waals surface area (Å²) in [5.41, 5.74) is -0.247. The first-order valence-corrected chi connectivity index (χ1v) is 8.59. The van der Waals surface area contributed by atoms with Crippen LogP contribution in [-0.2, 0) is 10.0 Å². The Morgan fingerprint density at radius 3 is 2.62 bits per heavy atom. The maximum Gasteiger partial charge on any atom is 0.357 e. The second kappa shape index (κ2) is 7.56. The number of nitrogens with one attached hydrogen (secondary N) is 2. The average molecular weight is 317 g/mol. The highest BCUT2D eigenvalue weighted by atomic mass is 32.2. The van der Waals surface area contributed by atoms with Crippen molar-refractivity contribution in [1.29, 1.82) is 0 Å². The molecular formula is C13H23N3O4S. The second-order valence-electron chi connectivity index (χ2n) is 5.10. The van der Waals surface area contributed by atoms with Crippen molar-refractivity contribution in [2.45, 2.75) is 51.3 Å². The monoisotopic (exact) mass is 317 g/mol. The molecule has 3 N–H and O–H groups in total. The number of sulfonamides is 1. The molecule has 0 saturated carbocycles. The van der Waals surface area contributed by atoms with Crippen LogP contribution in [0.4, 0.5) is 0 Å². The Morgan fingerprint density at radius 2 is 2.10 bits per heavy atom. The van der Waals surface area contributed by atoms with Crippen molar-refractivity contribution in [3.8, 4) is 0 Å². The number of hydrogen-bond donors (Lipinski definition) is 3. The molecule has 0 aromatic carbocycles. The summed E-state index contributed by atoms with van der Waals surface area (Å²) < 4.78 is 27.1. The number of aryl methyl sites for hydroxylation is 1. The van der Waals surface area contributed by atoms with E-state index in [0.29, 0.717) is 6.54 Å².